The summed E-state index contributed by atoms with van der Waals surface area (Å²) in [6.45, 7) is 6.03. The van der Waals surface area contributed by atoms with Crippen LogP contribution in [0, 0.1) is 0 Å². The van der Waals surface area contributed by atoms with E-state index in [1.165, 1.54) is 70.0 Å². The maximum absolute atomic E-state index is 5.64. The number of nitrogens with two attached hydrogens (primary N) is 1. The third-order valence-electron chi connectivity index (χ3n) is 4.34. The van der Waals surface area contributed by atoms with Gasteiger partial charge in [0.15, 0.2) is 0 Å². The Morgan fingerprint density at radius 3 is 2.41 bits per heavy atom. The molecular weight excluding hydrogens is 270 g/mol. The zero-order chi connectivity index (χ0) is 15.9. The first-order chi connectivity index (χ1) is 10.9. The number of hydrogen-bond acceptors (Lipinski definition) is 3. The molecule has 0 unspecified atom stereocenters. The molecule has 0 saturated heterocycles. The van der Waals surface area contributed by atoms with E-state index in [4.69, 9.17) is 5.73 Å². The summed E-state index contributed by atoms with van der Waals surface area (Å²) < 4.78 is 0. The second-order valence-electron chi connectivity index (χ2n) is 6.35. The highest BCUT2D eigenvalue weighted by Crippen LogP contribution is 2.12. The highest BCUT2D eigenvalue weighted by atomic mass is 15.2. The van der Waals surface area contributed by atoms with Gasteiger partial charge in [0.1, 0.15) is 0 Å². The van der Waals surface area contributed by atoms with E-state index in [9.17, 15) is 0 Å². The molecule has 1 rings (SSSR count). The average Bonchev–Trinajstić information content (AvgIpc) is 2.96. The summed E-state index contributed by atoms with van der Waals surface area (Å²) in [5.74, 6) is 1.31. The van der Waals surface area contributed by atoms with Crippen molar-refractivity contribution in [3.05, 3.63) is 12.2 Å². The molecule has 128 valence electrons. The van der Waals surface area contributed by atoms with E-state index in [0.717, 1.165) is 32.6 Å². The minimum atomic E-state index is 0.742. The number of nitrogens with zero attached hydrogens (tertiary/aromatic N) is 2. The Labute approximate surface area is 138 Å². The quantitative estimate of drug-likeness (QED) is 0.378. The van der Waals surface area contributed by atoms with Crippen LogP contribution >= 0.6 is 0 Å². The molecule has 1 aliphatic heterocycles. The Kier molecular flexibility index (Phi) is 12.1. The lowest BCUT2D eigenvalue weighted by Crippen LogP contribution is -2.32. The van der Waals surface area contributed by atoms with Gasteiger partial charge >= 0.3 is 0 Å². The van der Waals surface area contributed by atoms with Gasteiger partial charge < -0.3 is 10.6 Å². The third-order valence-corrected chi connectivity index (χ3v) is 4.34. The summed E-state index contributed by atoms with van der Waals surface area (Å²) in [6, 6.07) is 0. The molecule has 3 heteroatoms. The maximum atomic E-state index is 5.64. The molecule has 0 aromatic carbocycles. The summed E-state index contributed by atoms with van der Waals surface area (Å²) in [5.41, 5.74) is 5.64. The minimum Gasteiger partial charge on any atom is -0.357 e. The number of unbranched alkanes of at least 4 members (excludes halogenated alkanes) is 8. The first-order valence-electron chi connectivity index (χ1n) is 9.51. The fraction of sp³-hybridized carbons (Fsp3) is 0.842. The minimum absolute atomic E-state index is 0.742. The molecule has 0 aromatic rings. The predicted octanol–water partition coefficient (Wildman–Crippen LogP) is 4.53. The molecule has 0 saturated carbocycles. The van der Waals surface area contributed by atoms with Crippen LogP contribution in [0.4, 0.5) is 0 Å². The first kappa shape index (κ1) is 19.2. The molecule has 0 aliphatic carbocycles. The molecular formula is C19H37N3. The lowest BCUT2D eigenvalue weighted by Gasteiger charge is -2.19. The predicted molar refractivity (Wildman–Crippen MR) is 98.5 cm³/mol. The van der Waals surface area contributed by atoms with Crippen LogP contribution in [0.1, 0.15) is 77.6 Å². The van der Waals surface area contributed by atoms with Crippen molar-refractivity contribution in [2.75, 3.05) is 26.2 Å². The summed E-state index contributed by atoms with van der Waals surface area (Å²) >= 11 is 0. The van der Waals surface area contributed by atoms with Crippen LogP contribution in [0.2, 0.25) is 0 Å². The van der Waals surface area contributed by atoms with E-state index in [-0.39, 0.29) is 0 Å². The SMILES string of the molecule is CCCC/C=C/CCCCCCCCC1=NCCN1CCN. The van der Waals surface area contributed by atoms with E-state index in [1.807, 2.05) is 0 Å². The fourth-order valence-electron chi connectivity index (χ4n) is 2.97. The van der Waals surface area contributed by atoms with Crippen LogP contribution in [0.25, 0.3) is 0 Å². The molecule has 0 atom stereocenters. The largest absolute Gasteiger partial charge is 0.357 e. The van der Waals surface area contributed by atoms with Gasteiger partial charge in [0.2, 0.25) is 0 Å². The van der Waals surface area contributed by atoms with Crippen LogP contribution in [-0.4, -0.2) is 36.9 Å². The van der Waals surface area contributed by atoms with E-state index >= 15 is 0 Å². The Morgan fingerprint density at radius 1 is 1.00 bits per heavy atom. The molecule has 2 N–H and O–H groups in total. The average molecular weight is 308 g/mol. The Balaban J connectivity index is 1.86. The number of hydrogen-bond donors (Lipinski definition) is 1. The van der Waals surface area contributed by atoms with Gasteiger partial charge in [0.05, 0.1) is 12.4 Å². The van der Waals surface area contributed by atoms with Gasteiger partial charge in [0.25, 0.3) is 0 Å². The molecule has 0 bridgehead atoms. The van der Waals surface area contributed by atoms with Crippen LogP contribution in [0.3, 0.4) is 0 Å². The molecule has 0 radical (unpaired) electrons. The van der Waals surface area contributed by atoms with Crippen LogP contribution in [-0.2, 0) is 0 Å². The molecule has 0 amide bonds. The van der Waals surface area contributed by atoms with Gasteiger partial charge in [-0.1, -0.05) is 57.6 Å². The molecule has 0 spiro atoms. The molecule has 1 heterocycles. The normalized spacial score (nSPS) is 15.0. The second kappa shape index (κ2) is 13.8. The smallest absolute Gasteiger partial charge is 0.0990 e. The Hall–Kier alpha value is -0.830. The van der Waals surface area contributed by atoms with E-state index < -0.39 is 0 Å². The van der Waals surface area contributed by atoms with Crippen molar-refractivity contribution in [2.24, 2.45) is 10.7 Å². The number of allylic oxidation sites excluding steroid dienone is 2. The van der Waals surface area contributed by atoms with Gasteiger partial charge in [-0.25, -0.2) is 0 Å². The van der Waals surface area contributed by atoms with Crippen molar-refractivity contribution in [1.82, 2.24) is 4.90 Å². The molecule has 22 heavy (non-hydrogen) atoms. The molecule has 0 aromatic heterocycles. The molecule has 1 aliphatic rings. The van der Waals surface area contributed by atoms with Gasteiger partial charge in [-0.05, 0) is 25.7 Å². The van der Waals surface area contributed by atoms with Gasteiger partial charge in [-0.2, -0.15) is 0 Å². The zero-order valence-electron chi connectivity index (χ0n) is 14.7. The van der Waals surface area contributed by atoms with Crippen LogP contribution in [0.5, 0.6) is 0 Å². The first-order valence-corrected chi connectivity index (χ1v) is 9.51. The van der Waals surface area contributed by atoms with Gasteiger partial charge in [-0.15, -0.1) is 0 Å². The maximum Gasteiger partial charge on any atom is 0.0990 e. The standard InChI is InChI=1S/C19H37N3/c1-2-3-4-5-6-7-8-9-10-11-12-13-14-19-21-16-18-22(19)17-15-20/h5-6H,2-4,7-18,20H2,1H3/b6-5+. The summed E-state index contributed by atoms with van der Waals surface area (Å²) in [5, 5.41) is 0. The number of rotatable bonds is 14. The van der Waals surface area contributed by atoms with Crippen molar-refractivity contribution >= 4 is 5.84 Å². The van der Waals surface area contributed by atoms with E-state index in [2.05, 4.69) is 29.0 Å². The Bertz CT molecular complexity index is 310. The van der Waals surface area contributed by atoms with Crippen LogP contribution in [0.15, 0.2) is 17.1 Å². The van der Waals surface area contributed by atoms with Crippen LogP contribution < -0.4 is 5.73 Å². The van der Waals surface area contributed by atoms with Gasteiger partial charge in [-0.3, -0.25) is 4.99 Å². The lowest BCUT2D eigenvalue weighted by atomic mass is 10.1. The summed E-state index contributed by atoms with van der Waals surface area (Å²) in [4.78, 5) is 6.97. The topological polar surface area (TPSA) is 41.6 Å². The van der Waals surface area contributed by atoms with E-state index in [1.54, 1.807) is 0 Å². The highest BCUT2D eigenvalue weighted by Gasteiger charge is 2.14. The van der Waals surface area contributed by atoms with Crippen molar-refractivity contribution in [3.8, 4) is 0 Å². The highest BCUT2D eigenvalue weighted by molar-refractivity contribution is 5.83. The fourth-order valence-corrected chi connectivity index (χ4v) is 2.97. The van der Waals surface area contributed by atoms with Crippen molar-refractivity contribution in [1.29, 1.82) is 0 Å². The van der Waals surface area contributed by atoms with Crippen molar-refractivity contribution in [3.63, 3.8) is 0 Å². The second-order valence-corrected chi connectivity index (χ2v) is 6.35. The molecule has 3 nitrogen and oxygen atoms in total. The summed E-state index contributed by atoms with van der Waals surface area (Å²) in [7, 11) is 0. The lowest BCUT2D eigenvalue weighted by molar-refractivity contribution is 0.456. The van der Waals surface area contributed by atoms with Gasteiger partial charge in [0, 0.05) is 26.1 Å². The van der Waals surface area contributed by atoms with Crippen molar-refractivity contribution < 1.29 is 0 Å². The Morgan fingerprint density at radius 2 is 1.68 bits per heavy atom. The van der Waals surface area contributed by atoms with E-state index in [0.29, 0.717) is 0 Å². The third kappa shape index (κ3) is 9.24. The number of aliphatic imine (C=N–C) groups is 1. The zero-order valence-corrected chi connectivity index (χ0v) is 14.7. The number of amidine groups is 1. The summed E-state index contributed by atoms with van der Waals surface area (Å²) in [6.07, 6.45) is 19.2. The molecule has 0 fully saturated rings. The monoisotopic (exact) mass is 307 g/mol. The van der Waals surface area contributed by atoms with Crippen molar-refractivity contribution in [2.45, 2.75) is 77.6 Å².